The van der Waals surface area contributed by atoms with Gasteiger partial charge in [0.25, 0.3) is 0 Å². The summed E-state index contributed by atoms with van der Waals surface area (Å²) in [5.41, 5.74) is 0.518. The molecule has 3 rings (SSSR count). The summed E-state index contributed by atoms with van der Waals surface area (Å²) in [6.45, 7) is -0.721. The first kappa shape index (κ1) is 23.9. The molecule has 11 nitrogen and oxygen atoms in total. The normalized spacial score (nSPS) is 26.3. The fraction of sp³-hybridized carbons (Fsp3) is 0.500. The minimum absolute atomic E-state index is 0. The Kier molecular flexibility index (Phi) is 8.93. The summed E-state index contributed by atoms with van der Waals surface area (Å²) in [5, 5.41) is 20.1. The van der Waals surface area contributed by atoms with Crippen LogP contribution in [-0.4, -0.2) is 54.7 Å². The van der Waals surface area contributed by atoms with Gasteiger partial charge < -0.3 is 33.8 Å². The molecule has 4 atom stereocenters. The molecule has 4 unspecified atom stereocenters. The van der Waals surface area contributed by atoms with Crippen LogP contribution < -0.4 is 68.9 Å². The SMILES string of the molecule is O=P([O-])([O-])OCC1OC(n2cnc3c(Cl)ncnc32)C(O)C1O.[Na+].[Na+]. The number of rotatable bonds is 4. The largest absolute Gasteiger partial charge is 1.00 e. The van der Waals surface area contributed by atoms with Crippen LogP contribution in [0.5, 0.6) is 0 Å². The van der Waals surface area contributed by atoms with Crippen LogP contribution in [0.4, 0.5) is 0 Å². The molecule has 0 aromatic carbocycles. The standard InChI is InChI=1S/C10H12ClN4O7P.2Na/c11-8-5-9(13-2-12-8)15(3-14-5)10-7(17)6(16)4(22-10)1-21-23(18,19)20;;/h2-4,6-7,10,16-17H,1H2,(H2,18,19,20);;/q;2*+1/p-2. The van der Waals surface area contributed by atoms with Gasteiger partial charge in [-0.1, -0.05) is 11.6 Å². The first-order valence-electron chi connectivity index (χ1n) is 6.29. The van der Waals surface area contributed by atoms with E-state index in [-0.39, 0.29) is 75.4 Å². The van der Waals surface area contributed by atoms with Gasteiger partial charge in [0.2, 0.25) is 0 Å². The summed E-state index contributed by atoms with van der Waals surface area (Å²) in [5.74, 6) is 0. The Hall–Kier alpha value is 0.830. The molecule has 2 aromatic rings. The first-order valence-corrected chi connectivity index (χ1v) is 8.13. The third-order valence-corrected chi connectivity index (χ3v) is 4.06. The second-order valence-corrected chi connectivity index (χ2v) is 6.29. The summed E-state index contributed by atoms with van der Waals surface area (Å²) in [6.07, 6.45) is -2.77. The quantitative estimate of drug-likeness (QED) is 0.281. The molecule has 0 saturated carbocycles. The molecular weight excluding hydrogens is 401 g/mol. The molecule has 0 spiro atoms. The Morgan fingerprint density at radius 2 is 1.96 bits per heavy atom. The molecule has 0 bridgehead atoms. The van der Waals surface area contributed by atoms with Crippen LogP contribution in [0, 0.1) is 0 Å². The minimum atomic E-state index is -5.22. The number of hydrogen-bond donors (Lipinski definition) is 2. The molecule has 1 saturated heterocycles. The predicted molar refractivity (Wildman–Crippen MR) is 69.8 cm³/mol. The van der Waals surface area contributed by atoms with Gasteiger partial charge in [-0.25, -0.2) is 15.0 Å². The zero-order valence-corrected chi connectivity index (χ0v) is 18.9. The topological polar surface area (TPSA) is 166 Å². The molecule has 15 heteroatoms. The Labute approximate surface area is 190 Å². The molecule has 126 valence electrons. The van der Waals surface area contributed by atoms with Gasteiger partial charge in [0.1, 0.15) is 30.2 Å². The van der Waals surface area contributed by atoms with E-state index in [0.717, 1.165) is 0 Å². The Morgan fingerprint density at radius 1 is 1.28 bits per heavy atom. The number of phosphoric ester groups is 1. The number of hydrogen-bond acceptors (Lipinski definition) is 10. The van der Waals surface area contributed by atoms with Crippen molar-refractivity contribution in [1.82, 2.24) is 19.5 Å². The number of aromatic nitrogens is 4. The van der Waals surface area contributed by atoms with Gasteiger partial charge in [-0.3, -0.25) is 4.57 Å². The number of aliphatic hydroxyl groups excluding tert-OH is 2. The van der Waals surface area contributed by atoms with Gasteiger partial charge in [0, 0.05) is 0 Å². The maximum absolute atomic E-state index is 10.5. The molecule has 2 aromatic heterocycles. The minimum Gasteiger partial charge on any atom is -0.790 e. The second kappa shape index (κ2) is 9.35. The van der Waals surface area contributed by atoms with Crippen molar-refractivity contribution in [3.63, 3.8) is 0 Å². The van der Waals surface area contributed by atoms with Crippen molar-refractivity contribution in [2.75, 3.05) is 6.61 Å². The summed E-state index contributed by atoms with van der Waals surface area (Å²) < 4.78 is 21.3. The van der Waals surface area contributed by atoms with E-state index in [4.69, 9.17) is 16.3 Å². The number of ether oxygens (including phenoxy) is 1. The molecule has 0 radical (unpaired) electrons. The maximum Gasteiger partial charge on any atom is 1.00 e. The first-order chi connectivity index (χ1) is 10.8. The van der Waals surface area contributed by atoms with Crippen LogP contribution in [0.1, 0.15) is 6.23 Å². The number of aliphatic hydroxyl groups is 2. The number of fused-ring (bicyclic) bond motifs is 1. The average molecular weight is 411 g/mol. The van der Waals surface area contributed by atoms with Gasteiger partial charge in [-0.15, -0.1) is 0 Å². The summed E-state index contributed by atoms with van der Waals surface area (Å²) in [7, 11) is -5.22. The van der Waals surface area contributed by atoms with Gasteiger partial charge in [-0.05, 0) is 0 Å². The molecule has 1 fully saturated rings. The fourth-order valence-electron chi connectivity index (χ4n) is 2.27. The zero-order valence-electron chi connectivity index (χ0n) is 13.2. The van der Waals surface area contributed by atoms with Crippen LogP contribution in [0.2, 0.25) is 5.15 Å². The Balaban J connectivity index is 0.00000156. The van der Waals surface area contributed by atoms with Crippen LogP contribution in [0.3, 0.4) is 0 Å². The molecule has 25 heavy (non-hydrogen) atoms. The van der Waals surface area contributed by atoms with Crippen LogP contribution >= 0.6 is 19.4 Å². The van der Waals surface area contributed by atoms with E-state index in [1.165, 1.54) is 17.2 Å². The van der Waals surface area contributed by atoms with E-state index in [2.05, 4.69) is 19.5 Å². The van der Waals surface area contributed by atoms with Crippen molar-refractivity contribution < 1.29 is 92.9 Å². The maximum atomic E-state index is 10.5. The van der Waals surface area contributed by atoms with E-state index >= 15 is 0 Å². The Morgan fingerprint density at radius 3 is 2.60 bits per heavy atom. The second-order valence-electron chi connectivity index (χ2n) is 4.78. The van der Waals surface area contributed by atoms with Gasteiger partial charge in [0.05, 0.1) is 20.8 Å². The predicted octanol–water partition coefficient (Wildman–Crippen LogP) is -8.05. The molecular formula is C10H10ClN4Na2O7P. The van der Waals surface area contributed by atoms with Gasteiger partial charge >= 0.3 is 59.1 Å². The van der Waals surface area contributed by atoms with Gasteiger partial charge in [-0.2, -0.15) is 0 Å². The number of nitrogens with zero attached hydrogens (tertiary/aromatic N) is 4. The monoisotopic (exact) mass is 410 g/mol. The summed E-state index contributed by atoms with van der Waals surface area (Å²) in [6, 6.07) is 0. The van der Waals surface area contributed by atoms with E-state index in [9.17, 15) is 24.6 Å². The van der Waals surface area contributed by atoms with Crippen molar-refractivity contribution >= 4 is 30.6 Å². The van der Waals surface area contributed by atoms with Crippen molar-refractivity contribution in [3.05, 3.63) is 17.8 Å². The summed E-state index contributed by atoms with van der Waals surface area (Å²) >= 11 is 5.87. The van der Waals surface area contributed by atoms with Crippen LogP contribution in [0.15, 0.2) is 12.7 Å². The summed E-state index contributed by atoms with van der Waals surface area (Å²) in [4.78, 5) is 32.7. The van der Waals surface area contributed by atoms with Crippen molar-refractivity contribution in [1.29, 1.82) is 0 Å². The van der Waals surface area contributed by atoms with Crippen molar-refractivity contribution in [3.8, 4) is 0 Å². The van der Waals surface area contributed by atoms with Crippen LogP contribution in [0.25, 0.3) is 11.2 Å². The molecule has 2 N–H and O–H groups in total. The van der Waals surface area contributed by atoms with E-state index in [1.807, 2.05) is 0 Å². The molecule has 0 aliphatic carbocycles. The van der Waals surface area contributed by atoms with E-state index < -0.39 is 39.0 Å². The van der Waals surface area contributed by atoms with Gasteiger partial charge in [0.15, 0.2) is 17.0 Å². The number of phosphoric acid groups is 1. The van der Waals surface area contributed by atoms with Crippen LogP contribution in [-0.2, 0) is 13.8 Å². The Bertz CT molecular complexity index is 777. The molecule has 1 aliphatic heterocycles. The fourth-order valence-corrected chi connectivity index (χ4v) is 2.78. The zero-order chi connectivity index (χ0) is 16.8. The third kappa shape index (κ3) is 5.21. The molecule has 3 heterocycles. The van der Waals surface area contributed by atoms with E-state index in [0.29, 0.717) is 0 Å². The molecule has 0 amide bonds. The number of imidazole rings is 1. The molecule has 1 aliphatic rings. The third-order valence-electron chi connectivity index (χ3n) is 3.32. The average Bonchev–Trinajstić information content (AvgIpc) is 3.01. The smallest absolute Gasteiger partial charge is 0.790 e. The van der Waals surface area contributed by atoms with Crippen molar-refractivity contribution in [2.24, 2.45) is 0 Å². The van der Waals surface area contributed by atoms with E-state index in [1.54, 1.807) is 0 Å². The van der Waals surface area contributed by atoms with Crippen molar-refractivity contribution in [2.45, 2.75) is 24.5 Å². The number of halogens is 1.